The van der Waals surface area contributed by atoms with Crippen LogP contribution in [0.3, 0.4) is 0 Å². The molecule has 2 aromatic carbocycles. The molecule has 1 N–H and O–H groups in total. The molecule has 0 saturated carbocycles. The Morgan fingerprint density at radius 2 is 1.70 bits per heavy atom. The van der Waals surface area contributed by atoms with Gasteiger partial charge in [-0.1, -0.05) is 53.5 Å². The van der Waals surface area contributed by atoms with Crippen LogP contribution in [-0.4, -0.2) is 33.2 Å². The Labute approximate surface area is 170 Å². The van der Waals surface area contributed by atoms with Crippen LogP contribution in [0.4, 0.5) is 5.69 Å². The molecule has 2 aromatic rings. The van der Waals surface area contributed by atoms with Crippen molar-refractivity contribution in [3.63, 3.8) is 0 Å². The lowest BCUT2D eigenvalue weighted by Gasteiger charge is -2.28. The van der Waals surface area contributed by atoms with E-state index in [9.17, 15) is 13.2 Å². The van der Waals surface area contributed by atoms with Gasteiger partial charge in [-0.05, 0) is 43.5 Å². The lowest BCUT2D eigenvalue weighted by Crippen LogP contribution is -2.48. The Morgan fingerprint density at radius 1 is 1.11 bits per heavy atom. The lowest BCUT2D eigenvalue weighted by atomic mass is 10.1. The normalized spacial score (nSPS) is 12.4. The third-order valence-corrected chi connectivity index (χ3v) is 5.65. The first-order valence-corrected chi connectivity index (χ1v) is 11.1. The van der Waals surface area contributed by atoms with Crippen LogP contribution in [0.5, 0.6) is 0 Å². The quantitative estimate of drug-likeness (QED) is 0.648. The molecule has 0 aliphatic heterocycles. The van der Waals surface area contributed by atoms with Crippen LogP contribution in [-0.2, 0) is 21.2 Å². The molecule has 0 bridgehead atoms. The summed E-state index contributed by atoms with van der Waals surface area (Å²) in [6.07, 6.45) is 2.63. The monoisotopic (exact) mass is 428 g/mol. The highest BCUT2D eigenvalue weighted by molar-refractivity contribution is 7.92. The van der Waals surface area contributed by atoms with Gasteiger partial charge >= 0.3 is 0 Å². The molecule has 0 aromatic heterocycles. The Hall–Kier alpha value is -1.76. The molecule has 0 fully saturated rings. The van der Waals surface area contributed by atoms with Crippen LogP contribution >= 0.6 is 23.2 Å². The molecular weight excluding hydrogens is 407 g/mol. The predicted molar refractivity (Wildman–Crippen MR) is 111 cm³/mol. The van der Waals surface area contributed by atoms with E-state index >= 15 is 0 Å². The second-order valence-corrected chi connectivity index (χ2v) is 8.97. The molecule has 0 heterocycles. The second-order valence-electron chi connectivity index (χ2n) is 6.24. The van der Waals surface area contributed by atoms with Crippen LogP contribution in [0, 0.1) is 0 Å². The maximum absolute atomic E-state index is 12.5. The minimum Gasteiger partial charge on any atom is -0.354 e. The second kappa shape index (κ2) is 9.44. The van der Waals surface area contributed by atoms with E-state index < -0.39 is 16.1 Å². The fraction of sp³-hybridized carbons (Fsp3) is 0.316. The van der Waals surface area contributed by atoms with Crippen LogP contribution in [0.25, 0.3) is 0 Å². The maximum atomic E-state index is 12.5. The van der Waals surface area contributed by atoms with Crippen molar-refractivity contribution in [3.8, 4) is 0 Å². The number of anilines is 1. The number of carbonyl (C=O) groups is 1. The minimum atomic E-state index is -3.71. The molecule has 0 unspecified atom stereocenters. The third kappa shape index (κ3) is 6.41. The molecule has 0 aliphatic rings. The van der Waals surface area contributed by atoms with Crippen molar-refractivity contribution < 1.29 is 13.2 Å². The number of halogens is 2. The molecule has 0 radical (unpaired) electrons. The maximum Gasteiger partial charge on any atom is 0.243 e. The van der Waals surface area contributed by atoms with E-state index in [4.69, 9.17) is 23.2 Å². The molecule has 1 amide bonds. The van der Waals surface area contributed by atoms with Gasteiger partial charge < -0.3 is 5.32 Å². The average Bonchev–Trinajstić information content (AvgIpc) is 2.57. The van der Waals surface area contributed by atoms with Crippen molar-refractivity contribution in [2.45, 2.75) is 25.8 Å². The van der Waals surface area contributed by atoms with Crippen molar-refractivity contribution in [1.82, 2.24) is 5.32 Å². The number of nitrogens with one attached hydrogen (secondary N) is 1. The van der Waals surface area contributed by atoms with E-state index in [0.29, 0.717) is 16.6 Å². The van der Waals surface area contributed by atoms with Gasteiger partial charge in [0.15, 0.2) is 0 Å². The van der Waals surface area contributed by atoms with Crippen molar-refractivity contribution in [1.29, 1.82) is 0 Å². The number of nitrogens with zero attached hydrogens (tertiary/aromatic N) is 1. The van der Waals surface area contributed by atoms with Gasteiger partial charge in [0.05, 0.1) is 11.9 Å². The summed E-state index contributed by atoms with van der Waals surface area (Å²) in [5.74, 6) is -0.385. The standard InChI is InChI=1S/C19H22Cl2N2O3S/c1-14(19(24)22-10-6-9-15-7-4-3-5-8-15)23(27(2,25)26)18-12-16(20)11-17(21)13-18/h3-5,7-8,11-14H,6,9-10H2,1-2H3,(H,22,24)/t14-/m1/s1. The number of hydrogen-bond acceptors (Lipinski definition) is 3. The lowest BCUT2D eigenvalue weighted by molar-refractivity contribution is -0.121. The predicted octanol–water partition coefficient (Wildman–Crippen LogP) is 3.90. The zero-order chi connectivity index (χ0) is 20.0. The van der Waals surface area contributed by atoms with Crippen LogP contribution in [0.2, 0.25) is 10.0 Å². The van der Waals surface area contributed by atoms with Gasteiger partial charge in [0.25, 0.3) is 0 Å². The van der Waals surface area contributed by atoms with E-state index in [-0.39, 0.29) is 11.6 Å². The molecule has 5 nitrogen and oxygen atoms in total. The van der Waals surface area contributed by atoms with Gasteiger partial charge in [-0.15, -0.1) is 0 Å². The summed E-state index contributed by atoms with van der Waals surface area (Å²) in [4.78, 5) is 12.5. The number of amides is 1. The molecule has 146 valence electrons. The number of aryl methyl sites for hydroxylation is 1. The van der Waals surface area contributed by atoms with E-state index in [1.165, 1.54) is 30.7 Å². The van der Waals surface area contributed by atoms with E-state index in [0.717, 1.165) is 23.4 Å². The summed E-state index contributed by atoms with van der Waals surface area (Å²) in [6, 6.07) is 13.4. The van der Waals surface area contributed by atoms with Gasteiger partial charge in [-0.2, -0.15) is 0 Å². The first-order valence-electron chi connectivity index (χ1n) is 8.45. The Kier molecular flexibility index (Phi) is 7.53. The third-order valence-electron chi connectivity index (χ3n) is 3.97. The number of benzene rings is 2. The fourth-order valence-corrected chi connectivity index (χ4v) is 4.44. The van der Waals surface area contributed by atoms with E-state index in [1.54, 1.807) is 0 Å². The van der Waals surface area contributed by atoms with Gasteiger partial charge in [0.2, 0.25) is 15.9 Å². The zero-order valence-electron chi connectivity index (χ0n) is 15.2. The first-order chi connectivity index (χ1) is 12.7. The first kappa shape index (κ1) is 21.5. The highest BCUT2D eigenvalue weighted by Crippen LogP contribution is 2.28. The average molecular weight is 429 g/mol. The van der Waals surface area contributed by atoms with Crippen molar-refractivity contribution in [2.75, 3.05) is 17.1 Å². The smallest absolute Gasteiger partial charge is 0.243 e. The zero-order valence-corrected chi connectivity index (χ0v) is 17.5. The molecule has 0 aliphatic carbocycles. The van der Waals surface area contributed by atoms with E-state index in [1.807, 2.05) is 30.3 Å². The summed E-state index contributed by atoms with van der Waals surface area (Å²) in [5, 5.41) is 3.38. The summed E-state index contributed by atoms with van der Waals surface area (Å²) in [6.45, 7) is 1.98. The molecule has 0 spiro atoms. The molecule has 8 heteroatoms. The van der Waals surface area contributed by atoms with Crippen molar-refractivity contribution >= 4 is 44.8 Å². The van der Waals surface area contributed by atoms with E-state index in [2.05, 4.69) is 5.32 Å². The van der Waals surface area contributed by atoms with Gasteiger partial charge in [-0.25, -0.2) is 8.42 Å². The van der Waals surface area contributed by atoms with Gasteiger partial charge in [0.1, 0.15) is 6.04 Å². The minimum absolute atomic E-state index is 0.252. The Balaban J connectivity index is 2.04. The number of carbonyl (C=O) groups excluding carboxylic acids is 1. The number of sulfonamides is 1. The van der Waals surface area contributed by atoms with Crippen molar-refractivity contribution in [2.24, 2.45) is 0 Å². The number of rotatable bonds is 8. The van der Waals surface area contributed by atoms with Crippen LogP contribution in [0.15, 0.2) is 48.5 Å². The number of hydrogen-bond donors (Lipinski definition) is 1. The highest BCUT2D eigenvalue weighted by Gasteiger charge is 2.29. The molecular formula is C19H22Cl2N2O3S. The molecule has 1 atom stereocenters. The summed E-state index contributed by atoms with van der Waals surface area (Å²) in [7, 11) is -3.71. The summed E-state index contributed by atoms with van der Waals surface area (Å²) < 4.78 is 25.6. The van der Waals surface area contributed by atoms with Crippen LogP contribution in [0.1, 0.15) is 18.9 Å². The Morgan fingerprint density at radius 3 is 2.26 bits per heavy atom. The van der Waals surface area contributed by atoms with Gasteiger partial charge in [-0.3, -0.25) is 9.10 Å². The molecule has 2 rings (SSSR count). The molecule has 27 heavy (non-hydrogen) atoms. The van der Waals surface area contributed by atoms with Crippen LogP contribution < -0.4 is 9.62 Å². The van der Waals surface area contributed by atoms with Crippen molar-refractivity contribution in [3.05, 3.63) is 64.1 Å². The Bertz CT molecular complexity index is 869. The largest absolute Gasteiger partial charge is 0.354 e. The molecule has 0 saturated heterocycles. The fourth-order valence-electron chi connectivity index (χ4n) is 2.77. The topological polar surface area (TPSA) is 66.5 Å². The SMILES string of the molecule is C[C@H](C(=O)NCCCc1ccccc1)N(c1cc(Cl)cc(Cl)c1)S(C)(=O)=O. The highest BCUT2D eigenvalue weighted by atomic mass is 35.5. The summed E-state index contributed by atoms with van der Waals surface area (Å²) >= 11 is 12.0. The van der Waals surface area contributed by atoms with Gasteiger partial charge in [0, 0.05) is 16.6 Å². The summed E-state index contributed by atoms with van der Waals surface area (Å²) in [5.41, 5.74) is 1.44.